The Morgan fingerprint density at radius 1 is 1.17 bits per heavy atom. The van der Waals surface area contributed by atoms with Crippen molar-refractivity contribution >= 4 is 0 Å². The molecule has 0 unspecified atom stereocenters. The molecule has 1 N–H and O–H groups in total. The van der Waals surface area contributed by atoms with E-state index in [1.54, 1.807) is 11.1 Å². The zero-order valence-corrected chi connectivity index (χ0v) is 15.5. The zero-order valence-electron chi connectivity index (χ0n) is 15.5. The Morgan fingerprint density at radius 3 is 2.70 bits per heavy atom. The van der Waals surface area contributed by atoms with Gasteiger partial charge in [0.1, 0.15) is 0 Å². The van der Waals surface area contributed by atoms with E-state index in [0.717, 1.165) is 37.0 Å². The molecule has 2 fully saturated rings. The van der Waals surface area contributed by atoms with Gasteiger partial charge >= 0.3 is 0 Å². The minimum Gasteiger partial charge on any atom is -0.390 e. The number of allylic oxidation sites excluding steroid dienone is 3. The van der Waals surface area contributed by atoms with Gasteiger partial charge in [0.15, 0.2) is 0 Å². The summed E-state index contributed by atoms with van der Waals surface area (Å²) in [5, 5.41) is 10.8. The van der Waals surface area contributed by atoms with Crippen LogP contribution in [0.4, 0.5) is 0 Å². The van der Waals surface area contributed by atoms with Crippen molar-refractivity contribution in [2.24, 2.45) is 28.6 Å². The summed E-state index contributed by atoms with van der Waals surface area (Å²) in [5.74, 6) is 2.58. The van der Waals surface area contributed by atoms with Crippen LogP contribution in [0.2, 0.25) is 0 Å². The molecule has 0 radical (unpaired) electrons. The van der Waals surface area contributed by atoms with Crippen molar-refractivity contribution in [3.8, 4) is 0 Å². The van der Waals surface area contributed by atoms with E-state index in [1.165, 1.54) is 32.1 Å². The van der Waals surface area contributed by atoms with Gasteiger partial charge < -0.3 is 5.11 Å². The maximum absolute atomic E-state index is 10.8. The van der Waals surface area contributed by atoms with Crippen molar-refractivity contribution in [1.29, 1.82) is 0 Å². The van der Waals surface area contributed by atoms with Crippen LogP contribution in [-0.2, 0) is 0 Å². The summed E-state index contributed by atoms with van der Waals surface area (Å²) in [7, 11) is 0. The highest BCUT2D eigenvalue weighted by Crippen LogP contribution is 2.64. The third-order valence-electron chi connectivity index (χ3n) is 8.47. The Morgan fingerprint density at radius 2 is 1.96 bits per heavy atom. The molecule has 128 valence electrons. The van der Waals surface area contributed by atoms with Gasteiger partial charge in [-0.1, -0.05) is 44.1 Å². The van der Waals surface area contributed by atoms with Crippen molar-refractivity contribution in [2.45, 2.75) is 84.7 Å². The molecule has 4 rings (SSSR count). The first-order chi connectivity index (χ1) is 10.8. The molecule has 1 heteroatoms. The minimum absolute atomic E-state index is 0.363. The topological polar surface area (TPSA) is 20.2 Å². The van der Waals surface area contributed by atoms with Gasteiger partial charge in [0.2, 0.25) is 0 Å². The molecule has 4 aliphatic carbocycles. The fourth-order valence-corrected chi connectivity index (χ4v) is 6.89. The van der Waals surface area contributed by atoms with E-state index in [1.807, 2.05) is 0 Å². The maximum atomic E-state index is 10.8. The van der Waals surface area contributed by atoms with Gasteiger partial charge in [0, 0.05) is 0 Å². The van der Waals surface area contributed by atoms with Crippen LogP contribution >= 0.6 is 0 Å². The second-order valence-corrected chi connectivity index (χ2v) is 9.75. The van der Waals surface area contributed by atoms with Crippen molar-refractivity contribution < 1.29 is 5.11 Å². The number of hydrogen-bond acceptors (Lipinski definition) is 1. The monoisotopic (exact) mass is 314 g/mol. The van der Waals surface area contributed by atoms with Gasteiger partial charge in [0.25, 0.3) is 0 Å². The lowest BCUT2D eigenvalue weighted by molar-refractivity contribution is -0.0584. The normalized spacial score (nSPS) is 52.1. The summed E-state index contributed by atoms with van der Waals surface area (Å²) in [6, 6.07) is 0. The SMILES string of the molecule is CC[C@]1(O)CC[C@@]2(C)C(=CC[C@H]3[C@@H]4CC(C)=C[C@@]4(C)CC[C@@H]32)C1. The van der Waals surface area contributed by atoms with E-state index in [4.69, 9.17) is 0 Å². The summed E-state index contributed by atoms with van der Waals surface area (Å²) >= 11 is 0. The van der Waals surface area contributed by atoms with Gasteiger partial charge in [-0.05, 0) is 86.9 Å². The van der Waals surface area contributed by atoms with Crippen LogP contribution in [0.3, 0.4) is 0 Å². The molecule has 0 aromatic rings. The first-order valence-corrected chi connectivity index (χ1v) is 9.90. The van der Waals surface area contributed by atoms with E-state index < -0.39 is 5.60 Å². The lowest BCUT2D eigenvalue weighted by Gasteiger charge is -2.58. The van der Waals surface area contributed by atoms with Crippen molar-refractivity contribution in [2.75, 3.05) is 0 Å². The summed E-state index contributed by atoms with van der Waals surface area (Å²) in [4.78, 5) is 0. The Bertz CT molecular complexity index is 573. The fourth-order valence-electron chi connectivity index (χ4n) is 6.89. The molecular weight excluding hydrogens is 280 g/mol. The standard InChI is InChI=1S/C22H34O/c1-5-22(23)11-10-21(4)16(14-22)6-7-17-18(21)8-9-20(3)13-15(2)12-19(17)20/h6,13,17-19,23H,5,7-12,14H2,1-4H3/t17-,18+,19+,20-,21+,22+/m1/s1. The third kappa shape index (κ3) is 2.22. The van der Waals surface area contributed by atoms with E-state index >= 15 is 0 Å². The molecule has 0 amide bonds. The quantitative estimate of drug-likeness (QED) is 0.620. The number of rotatable bonds is 1. The van der Waals surface area contributed by atoms with Gasteiger partial charge in [-0.3, -0.25) is 0 Å². The maximum Gasteiger partial charge on any atom is 0.0682 e. The van der Waals surface area contributed by atoms with Gasteiger partial charge in [-0.25, -0.2) is 0 Å². The predicted octanol–water partition coefficient (Wildman–Crippen LogP) is 5.65. The third-order valence-corrected chi connectivity index (χ3v) is 8.47. The van der Waals surface area contributed by atoms with E-state index in [9.17, 15) is 5.11 Å². The van der Waals surface area contributed by atoms with Crippen molar-refractivity contribution in [1.82, 2.24) is 0 Å². The van der Waals surface area contributed by atoms with Crippen LogP contribution in [0.15, 0.2) is 23.3 Å². The van der Waals surface area contributed by atoms with Gasteiger partial charge in [-0.2, -0.15) is 0 Å². The van der Waals surface area contributed by atoms with Crippen LogP contribution in [0, 0.1) is 28.6 Å². The lowest BCUT2D eigenvalue weighted by atomic mass is 9.47. The van der Waals surface area contributed by atoms with Crippen molar-refractivity contribution in [3.63, 3.8) is 0 Å². The van der Waals surface area contributed by atoms with Gasteiger partial charge in [0.05, 0.1) is 5.60 Å². The Balaban J connectivity index is 1.66. The molecule has 0 spiro atoms. The van der Waals surface area contributed by atoms with Crippen LogP contribution < -0.4 is 0 Å². The fraction of sp³-hybridized carbons (Fsp3) is 0.818. The average molecular weight is 315 g/mol. The lowest BCUT2D eigenvalue weighted by Crippen LogP contribution is -2.51. The molecule has 0 aromatic carbocycles. The number of hydrogen-bond donors (Lipinski definition) is 1. The van der Waals surface area contributed by atoms with Crippen LogP contribution in [0.25, 0.3) is 0 Å². The molecule has 2 saturated carbocycles. The molecule has 0 saturated heterocycles. The van der Waals surface area contributed by atoms with E-state index in [0.29, 0.717) is 10.8 Å². The number of aliphatic hydroxyl groups is 1. The van der Waals surface area contributed by atoms with E-state index in [-0.39, 0.29) is 0 Å². The second kappa shape index (κ2) is 4.97. The Kier molecular flexibility index (Phi) is 3.45. The molecule has 23 heavy (non-hydrogen) atoms. The largest absolute Gasteiger partial charge is 0.390 e. The second-order valence-electron chi connectivity index (χ2n) is 9.75. The van der Waals surface area contributed by atoms with Crippen molar-refractivity contribution in [3.05, 3.63) is 23.3 Å². The molecule has 0 aliphatic heterocycles. The van der Waals surface area contributed by atoms with E-state index in [2.05, 4.69) is 39.8 Å². The predicted molar refractivity (Wildman–Crippen MR) is 96.1 cm³/mol. The zero-order chi connectivity index (χ0) is 16.5. The highest BCUT2D eigenvalue weighted by molar-refractivity contribution is 5.29. The van der Waals surface area contributed by atoms with Gasteiger partial charge in [-0.15, -0.1) is 0 Å². The molecule has 6 atom stereocenters. The Hall–Kier alpha value is -0.560. The van der Waals surface area contributed by atoms with Crippen LogP contribution in [-0.4, -0.2) is 10.7 Å². The summed E-state index contributed by atoms with van der Waals surface area (Å²) in [6.45, 7) is 9.53. The molecule has 0 aromatic heterocycles. The molecule has 0 bridgehead atoms. The highest BCUT2D eigenvalue weighted by Gasteiger charge is 2.56. The molecule has 0 heterocycles. The smallest absolute Gasteiger partial charge is 0.0682 e. The first kappa shape index (κ1) is 15.9. The summed E-state index contributed by atoms with van der Waals surface area (Å²) in [5.41, 5.74) is 3.63. The summed E-state index contributed by atoms with van der Waals surface area (Å²) < 4.78 is 0. The molecule has 4 aliphatic rings. The van der Waals surface area contributed by atoms with Crippen LogP contribution in [0.5, 0.6) is 0 Å². The average Bonchev–Trinajstić information content (AvgIpc) is 2.82. The highest BCUT2D eigenvalue weighted by atomic mass is 16.3. The summed E-state index contributed by atoms with van der Waals surface area (Å²) in [6.07, 6.45) is 14.5. The first-order valence-electron chi connectivity index (χ1n) is 9.90. The number of fused-ring (bicyclic) bond motifs is 5. The molecular formula is C22H34O. The minimum atomic E-state index is -0.424. The van der Waals surface area contributed by atoms with Crippen LogP contribution in [0.1, 0.15) is 79.1 Å². The Labute approximate surface area is 142 Å². The molecule has 1 nitrogen and oxygen atoms in total.